The van der Waals surface area contributed by atoms with Crippen LogP contribution < -0.4 is 4.90 Å². The molecular weight excluding hydrogens is 286 g/mol. The summed E-state index contributed by atoms with van der Waals surface area (Å²) in [5.41, 5.74) is 0.443. The molecule has 0 aliphatic carbocycles. The highest BCUT2D eigenvalue weighted by Gasteiger charge is 2.49. The Morgan fingerprint density at radius 2 is 1.64 bits per heavy atom. The Labute approximate surface area is 128 Å². The molecule has 0 saturated carbocycles. The molecule has 6 nitrogen and oxygen atoms in total. The average Bonchev–Trinajstić information content (AvgIpc) is 2.72. The van der Waals surface area contributed by atoms with Crippen molar-refractivity contribution in [2.75, 3.05) is 11.4 Å². The summed E-state index contributed by atoms with van der Waals surface area (Å²) < 4.78 is 0. The van der Waals surface area contributed by atoms with Gasteiger partial charge in [-0.15, -0.1) is 0 Å². The fourth-order valence-electron chi connectivity index (χ4n) is 3.16. The van der Waals surface area contributed by atoms with E-state index < -0.39 is 17.4 Å². The zero-order valence-corrected chi connectivity index (χ0v) is 12.4. The number of carboxylic acid groups (broad SMARTS) is 2. The van der Waals surface area contributed by atoms with E-state index in [0.717, 1.165) is 11.3 Å². The van der Waals surface area contributed by atoms with E-state index in [1.54, 1.807) is 17.0 Å². The third-order valence-electron chi connectivity index (χ3n) is 4.21. The molecule has 1 aliphatic heterocycles. The molecule has 0 aromatic heterocycles. The monoisotopic (exact) mass is 305 g/mol. The molecule has 2 N–H and O–H groups in total. The van der Waals surface area contributed by atoms with Gasteiger partial charge in [0.1, 0.15) is 0 Å². The van der Waals surface area contributed by atoms with Crippen LogP contribution in [0.3, 0.4) is 0 Å². The average molecular weight is 305 g/mol. The largest absolute Gasteiger partial charge is 0.481 e. The second-order valence-electron chi connectivity index (χ2n) is 5.44. The maximum atomic E-state index is 12.9. The van der Waals surface area contributed by atoms with Crippen LogP contribution in [0.4, 0.5) is 5.69 Å². The quantitative estimate of drug-likeness (QED) is 0.803. The molecule has 1 aromatic carbocycles. The van der Waals surface area contributed by atoms with Gasteiger partial charge in [0.05, 0.1) is 5.41 Å². The Kier molecular flexibility index (Phi) is 4.49. The minimum absolute atomic E-state index is 0.113. The van der Waals surface area contributed by atoms with E-state index in [1.165, 1.54) is 0 Å². The van der Waals surface area contributed by atoms with Gasteiger partial charge in [-0.2, -0.15) is 0 Å². The van der Waals surface area contributed by atoms with Crippen LogP contribution in [0.5, 0.6) is 0 Å². The van der Waals surface area contributed by atoms with Crippen LogP contribution in [-0.4, -0.2) is 34.6 Å². The SMILES string of the molecule is CCN1C(=O)C(CCC(=O)O)(CCC(=O)O)c2ccccc21. The number of hydrogen-bond acceptors (Lipinski definition) is 3. The first kappa shape index (κ1) is 16.0. The van der Waals surface area contributed by atoms with Crippen molar-refractivity contribution >= 4 is 23.5 Å². The van der Waals surface area contributed by atoms with Gasteiger partial charge in [0.25, 0.3) is 0 Å². The molecule has 0 saturated heterocycles. The second-order valence-corrected chi connectivity index (χ2v) is 5.44. The summed E-state index contributed by atoms with van der Waals surface area (Å²) >= 11 is 0. The Balaban J connectivity index is 2.48. The summed E-state index contributed by atoms with van der Waals surface area (Å²) in [6.07, 6.45) is -0.113. The zero-order chi connectivity index (χ0) is 16.3. The topological polar surface area (TPSA) is 94.9 Å². The number of carboxylic acids is 2. The van der Waals surface area contributed by atoms with Gasteiger partial charge in [0, 0.05) is 25.1 Å². The smallest absolute Gasteiger partial charge is 0.303 e. The number of benzene rings is 1. The van der Waals surface area contributed by atoms with E-state index in [4.69, 9.17) is 10.2 Å². The first-order chi connectivity index (χ1) is 10.4. The van der Waals surface area contributed by atoms with Crippen LogP contribution in [0.15, 0.2) is 24.3 Å². The van der Waals surface area contributed by atoms with Crippen molar-refractivity contribution in [1.82, 2.24) is 0 Å². The minimum Gasteiger partial charge on any atom is -0.481 e. The zero-order valence-electron chi connectivity index (χ0n) is 12.4. The van der Waals surface area contributed by atoms with E-state index in [-0.39, 0.29) is 31.6 Å². The molecule has 0 radical (unpaired) electrons. The molecule has 1 amide bonds. The predicted octanol–water partition coefficient (Wildman–Crippen LogP) is 2.02. The van der Waals surface area contributed by atoms with Gasteiger partial charge < -0.3 is 15.1 Å². The number of fused-ring (bicyclic) bond motifs is 1. The molecule has 0 bridgehead atoms. The molecule has 118 valence electrons. The molecule has 1 heterocycles. The van der Waals surface area contributed by atoms with Crippen LogP contribution in [0.1, 0.15) is 38.2 Å². The second kappa shape index (κ2) is 6.17. The normalized spacial score (nSPS) is 15.7. The van der Waals surface area contributed by atoms with Crippen LogP contribution >= 0.6 is 0 Å². The molecule has 6 heteroatoms. The van der Waals surface area contributed by atoms with Crippen molar-refractivity contribution < 1.29 is 24.6 Å². The summed E-state index contributed by atoms with van der Waals surface area (Å²) in [5, 5.41) is 18.0. The first-order valence-corrected chi connectivity index (χ1v) is 7.27. The van der Waals surface area contributed by atoms with Gasteiger partial charge in [0.2, 0.25) is 5.91 Å². The van der Waals surface area contributed by atoms with E-state index in [2.05, 4.69) is 0 Å². The summed E-state index contributed by atoms with van der Waals surface area (Å²) in [5.74, 6) is -2.18. The Hall–Kier alpha value is -2.37. The highest BCUT2D eigenvalue weighted by Crippen LogP contribution is 2.47. The van der Waals surface area contributed by atoms with Crippen LogP contribution in [0, 0.1) is 0 Å². The molecule has 0 unspecified atom stereocenters. The molecular formula is C16H19NO5. The molecule has 1 aliphatic rings. The maximum Gasteiger partial charge on any atom is 0.303 e. The van der Waals surface area contributed by atoms with Gasteiger partial charge in [-0.3, -0.25) is 14.4 Å². The lowest BCUT2D eigenvalue weighted by molar-refractivity contribution is -0.137. The number of amides is 1. The van der Waals surface area contributed by atoms with Gasteiger partial charge in [-0.25, -0.2) is 0 Å². The maximum absolute atomic E-state index is 12.9. The van der Waals surface area contributed by atoms with Crippen molar-refractivity contribution in [1.29, 1.82) is 0 Å². The summed E-state index contributed by atoms with van der Waals surface area (Å²) in [4.78, 5) is 36.4. The van der Waals surface area contributed by atoms with Crippen molar-refractivity contribution in [3.05, 3.63) is 29.8 Å². The van der Waals surface area contributed by atoms with Crippen molar-refractivity contribution in [2.24, 2.45) is 0 Å². The molecule has 0 spiro atoms. The number of rotatable bonds is 7. The minimum atomic E-state index is -1.05. The van der Waals surface area contributed by atoms with E-state index in [9.17, 15) is 14.4 Å². The molecule has 0 atom stereocenters. The Morgan fingerprint density at radius 1 is 1.09 bits per heavy atom. The van der Waals surface area contributed by atoms with Crippen LogP contribution in [-0.2, 0) is 19.8 Å². The number of carbonyl (C=O) groups is 3. The number of anilines is 1. The number of carbonyl (C=O) groups excluding carboxylic acids is 1. The highest BCUT2D eigenvalue weighted by atomic mass is 16.4. The van der Waals surface area contributed by atoms with Gasteiger partial charge in [-0.05, 0) is 31.4 Å². The lowest BCUT2D eigenvalue weighted by atomic mass is 9.74. The predicted molar refractivity (Wildman–Crippen MR) is 79.9 cm³/mol. The number of aliphatic carboxylic acids is 2. The molecule has 1 aromatic rings. The van der Waals surface area contributed by atoms with E-state index in [1.807, 2.05) is 19.1 Å². The standard InChI is InChI=1S/C16H19NO5/c1-2-17-12-6-4-3-5-11(12)16(15(17)22,9-7-13(18)19)10-8-14(20)21/h3-6H,2,7-10H2,1H3,(H,18,19)(H,20,21). The van der Waals surface area contributed by atoms with Gasteiger partial charge in [-0.1, -0.05) is 18.2 Å². The molecule has 22 heavy (non-hydrogen) atoms. The fraction of sp³-hybridized carbons (Fsp3) is 0.438. The first-order valence-electron chi connectivity index (χ1n) is 7.27. The fourth-order valence-corrected chi connectivity index (χ4v) is 3.16. The van der Waals surface area contributed by atoms with Crippen molar-refractivity contribution in [3.8, 4) is 0 Å². The lowest BCUT2D eigenvalue weighted by Crippen LogP contribution is -2.41. The summed E-state index contributed by atoms with van der Waals surface area (Å²) in [6, 6.07) is 7.23. The van der Waals surface area contributed by atoms with Crippen molar-refractivity contribution in [2.45, 2.75) is 38.0 Å². The summed E-state index contributed by atoms with van der Waals surface area (Å²) in [7, 11) is 0. The van der Waals surface area contributed by atoms with Gasteiger partial charge >= 0.3 is 11.9 Å². The molecule has 2 rings (SSSR count). The lowest BCUT2D eigenvalue weighted by Gasteiger charge is -2.27. The third-order valence-corrected chi connectivity index (χ3v) is 4.21. The van der Waals surface area contributed by atoms with Gasteiger partial charge in [0.15, 0.2) is 0 Å². The Morgan fingerprint density at radius 3 is 2.14 bits per heavy atom. The number of likely N-dealkylation sites (N-methyl/N-ethyl adjacent to an activating group) is 1. The highest BCUT2D eigenvalue weighted by molar-refractivity contribution is 6.08. The third kappa shape index (κ3) is 2.68. The van der Waals surface area contributed by atoms with E-state index in [0.29, 0.717) is 6.54 Å². The van der Waals surface area contributed by atoms with Crippen molar-refractivity contribution in [3.63, 3.8) is 0 Å². The van der Waals surface area contributed by atoms with E-state index >= 15 is 0 Å². The number of para-hydroxylation sites is 1. The Bertz CT molecular complexity index is 592. The number of hydrogen-bond donors (Lipinski definition) is 2. The summed E-state index contributed by atoms with van der Waals surface area (Å²) in [6.45, 7) is 2.32. The van der Waals surface area contributed by atoms with Crippen LogP contribution in [0.2, 0.25) is 0 Å². The number of nitrogens with zero attached hydrogens (tertiary/aromatic N) is 1. The molecule has 0 fully saturated rings. The van der Waals surface area contributed by atoms with Crippen LogP contribution in [0.25, 0.3) is 0 Å².